The van der Waals surface area contributed by atoms with Crippen LogP contribution in [0.15, 0.2) is 18.2 Å². The van der Waals surface area contributed by atoms with Crippen molar-refractivity contribution in [2.24, 2.45) is 0 Å². The molecule has 1 aliphatic rings. The summed E-state index contributed by atoms with van der Waals surface area (Å²) < 4.78 is 13.5. The quantitative estimate of drug-likeness (QED) is 0.759. The van der Waals surface area contributed by atoms with Gasteiger partial charge in [0.15, 0.2) is 0 Å². The van der Waals surface area contributed by atoms with Crippen molar-refractivity contribution in [3.05, 3.63) is 34.6 Å². The van der Waals surface area contributed by atoms with E-state index in [-0.39, 0.29) is 23.7 Å². The summed E-state index contributed by atoms with van der Waals surface area (Å²) in [5, 5.41) is 2.25. The third-order valence-corrected chi connectivity index (χ3v) is 2.63. The fraction of sp³-hybridized carbons (Fsp3) is 0.182. The second-order valence-electron chi connectivity index (χ2n) is 3.76. The smallest absolute Gasteiger partial charge is 0.257 e. The zero-order valence-corrected chi connectivity index (χ0v) is 9.83. The summed E-state index contributed by atoms with van der Waals surface area (Å²) in [6.07, 6.45) is 0. The molecule has 1 aliphatic heterocycles. The van der Waals surface area contributed by atoms with Crippen molar-refractivity contribution in [3.63, 3.8) is 0 Å². The van der Waals surface area contributed by atoms with Crippen LogP contribution in [0, 0.1) is 5.82 Å². The Balaban J connectivity index is 2.28. The lowest BCUT2D eigenvalue weighted by molar-refractivity contribution is -0.135. The van der Waals surface area contributed by atoms with Gasteiger partial charge in [-0.05, 0) is 18.2 Å². The van der Waals surface area contributed by atoms with E-state index in [1.165, 1.54) is 6.07 Å². The van der Waals surface area contributed by atoms with Crippen LogP contribution in [-0.2, 0) is 9.59 Å². The summed E-state index contributed by atoms with van der Waals surface area (Å²) >= 11 is 5.67. The molecular weight excluding hydrogens is 263 g/mol. The predicted octanol–water partition coefficient (Wildman–Crippen LogP) is 0.578. The van der Waals surface area contributed by atoms with Gasteiger partial charge >= 0.3 is 0 Å². The Morgan fingerprint density at radius 1 is 1.28 bits per heavy atom. The van der Waals surface area contributed by atoms with Crippen LogP contribution in [0.25, 0.3) is 0 Å². The molecule has 0 unspecified atom stereocenters. The molecule has 1 fully saturated rings. The molecule has 94 valence electrons. The molecule has 1 aromatic rings. The normalized spacial score (nSPS) is 15.6. The Morgan fingerprint density at radius 3 is 2.50 bits per heavy atom. The summed E-state index contributed by atoms with van der Waals surface area (Å²) in [4.78, 5) is 35.2. The summed E-state index contributed by atoms with van der Waals surface area (Å²) in [5.74, 6) is -2.68. The van der Waals surface area contributed by atoms with Crippen LogP contribution < -0.4 is 5.32 Å². The Bertz CT molecular complexity index is 531. The number of hydrogen-bond acceptors (Lipinski definition) is 3. The first-order chi connectivity index (χ1) is 8.47. The second-order valence-corrected chi connectivity index (χ2v) is 4.19. The molecule has 0 aromatic heterocycles. The highest BCUT2D eigenvalue weighted by atomic mass is 35.5. The van der Waals surface area contributed by atoms with Crippen LogP contribution in [0.4, 0.5) is 4.39 Å². The predicted molar refractivity (Wildman–Crippen MR) is 60.5 cm³/mol. The number of carbonyl (C=O) groups excluding carboxylic acids is 3. The fourth-order valence-electron chi connectivity index (χ4n) is 1.61. The van der Waals surface area contributed by atoms with Gasteiger partial charge in [0.25, 0.3) is 5.91 Å². The van der Waals surface area contributed by atoms with Gasteiger partial charge < -0.3 is 4.90 Å². The number of amides is 3. The molecule has 18 heavy (non-hydrogen) atoms. The minimum Gasteiger partial charge on any atom is -0.320 e. The van der Waals surface area contributed by atoms with Gasteiger partial charge in [0.1, 0.15) is 18.9 Å². The molecule has 1 N–H and O–H groups in total. The molecule has 3 amide bonds. The number of carbonyl (C=O) groups is 3. The van der Waals surface area contributed by atoms with Gasteiger partial charge in [-0.15, -0.1) is 0 Å². The Morgan fingerprint density at radius 2 is 1.89 bits per heavy atom. The molecule has 1 aromatic carbocycles. The molecule has 2 rings (SSSR count). The maximum absolute atomic E-state index is 13.5. The molecular formula is C11H8ClFN2O3. The molecule has 0 radical (unpaired) electrons. The number of benzene rings is 1. The lowest BCUT2D eigenvalue weighted by Crippen LogP contribution is -2.53. The summed E-state index contributed by atoms with van der Waals surface area (Å²) in [5.41, 5.74) is -0.259. The molecule has 7 heteroatoms. The highest BCUT2D eigenvalue weighted by molar-refractivity contribution is 6.31. The molecule has 1 saturated heterocycles. The van der Waals surface area contributed by atoms with Crippen LogP contribution in [0.2, 0.25) is 5.02 Å². The van der Waals surface area contributed by atoms with Crippen molar-refractivity contribution in [2.45, 2.75) is 0 Å². The number of piperazine rings is 1. The third kappa shape index (κ3) is 2.48. The second kappa shape index (κ2) is 4.73. The van der Waals surface area contributed by atoms with E-state index >= 15 is 0 Å². The molecule has 1 heterocycles. The summed E-state index contributed by atoms with van der Waals surface area (Å²) in [6.45, 7) is -0.562. The monoisotopic (exact) mass is 270 g/mol. The fourth-order valence-corrected chi connectivity index (χ4v) is 1.78. The molecule has 0 saturated carbocycles. The van der Waals surface area contributed by atoms with E-state index in [1.54, 1.807) is 0 Å². The zero-order valence-electron chi connectivity index (χ0n) is 9.07. The van der Waals surface area contributed by atoms with Crippen molar-refractivity contribution in [1.82, 2.24) is 10.2 Å². The van der Waals surface area contributed by atoms with Crippen molar-refractivity contribution in [2.75, 3.05) is 13.1 Å². The van der Waals surface area contributed by atoms with Crippen molar-refractivity contribution >= 4 is 29.3 Å². The first-order valence-electron chi connectivity index (χ1n) is 5.04. The highest BCUT2D eigenvalue weighted by Crippen LogP contribution is 2.17. The van der Waals surface area contributed by atoms with E-state index in [9.17, 15) is 18.8 Å². The highest BCUT2D eigenvalue weighted by Gasteiger charge is 2.28. The van der Waals surface area contributed by atoms with Gasteiger partial charge in [-0.1, -0.05) is 11.6 Å². The van der Waals surface area contributed by atoms with Gasteiger partial charge in [-0.3, -0.25) is 19.7 Å². The van der Waals surface area contributed by atoms with Gasteiger partial charge in [0, 0.05) is 5.02 Å². The Labute approximate surface area is 107 Å². The lowest BCUT2D eigenvalue weighted by Gasteiger charge is -2.25. The topological polar surface area (TPSA) is 66.5 Å². The van der Waals surface area contributed by atoms with Gasteiger partial charge in [-0.2, -0.15) is 0 Å². The maximum atomic E-state index is 13.5. The number of nitrogens with zero attached hydrogens (tertiary/aromatic N) is 1. The summed E-state index contributed by atoms with van der Waals surface area (Å²) in [7, 11) is 0. The van der Waals surface area contributed by atoms with E-state index in [0.29, 0.717) is 0 Å². The van der Waals surface area contributed by atoms with E-state index in [1.807, 2.05) is 0 Å². The van der Waals surface area contributed by atoms with E-state index < -0.39 is 23.5 Å². The first-order valence-corrected chi connectivity index (χ1v) is 5.42. The number of imide groups is 1. The SMILES string of the molecule is O=C1CN(C(=O)c2cc(Cl)ccc2F)CC(=O)N1. The maximum Gasteiger partial charge on any atom is 0.257 e. The van der Waals surface area contributed by atoms with Gasteiger partial charge in [-0.25, -0.2) is 4.39 Å². The van der Waals surface area contributed by atoms with Crippen LogP contribution in [-0.4, -0.2) is 35.7 Å². The molecule has 0 spiro atoms. The van der Waals surface area contributed by atoms with Crippen LogP contribution >= 0.6 is 11.6 Å². The number of halogens is 2. The van der Waals surface area contributed by atoms with Crippen LogP contribution in [0.1, 0.15) is 10.4 Å². The third-order valence-electron chi connectivity index (χ3n) is 2.39. The number of rotatable bonds is 1. The zero-order chi connectivity index (χ0) is 13.3. The van der Waals surface area contributed by atoms with Gasteiger partial charge in [0.05, 0.1) is 5.56 Å². The van der Waals surface area contributed by atoms with Crippen LogP contribution in [0.3, 0.4) is 0 Å². The van der Waals surface area contributed by atoms with Crippen molar-refractivity contribution < 1.29 is 18.8 Å². The molecule has 0 aliphatic carbocycles. The molecule has 5 nitrogen and oxygen atoms in total. The van der Waals surface area contributed by atoms with E-state index in [4.69, 9.17) is 11.6 Å². The standard InChI is InChI=1S/C11H8ClFN2O3/c12-6-1-2-8(13)7(3-6)11(18)15-4-9(16)14-10(17)5-15/h1-3H,4-5H2,(H,14,16,17). The number of hydrogen-bond donors (Lipinski definition) is 1. The Kier molecular flexibility index (Phi) is 3.29. The Hall–Kier alpha value is -1.95. The van der Waals surface area contributed by atoms with E-state index in [2.05, 4.69) is 5.32 Å². The molecule has 0 atom stereocenters. The average Bonchev–Trinajstić information content (AvgIpc) is 2.30. The minimum absolute atomic E-state index is 0.201. The van der Waals surface area contributed by atoms with Crippen molar-refractivity contribution in [1.29, 1.82) is 0 Å². The minimum atomic E-state index is -0.747. The van der Waals surface area contributed by atoms with Gasteiger partial charge in [0.2, 0.25) is 11.8 Å². The van der Waals surface area contributed by atoms with E-state index in [0.717, 1.165) is 17.0 Å². The first kappa shape index (κ1) is 12.5. The number of nitrogens with one attached hydrogen (secondary N) is 1. The summed E-state index contributed by atoms with van der Waals surface area (Å²) in [6, 6.07) is 3.53. The molecule has 0 bridgehead atoms. The average molecular weight is 271 g/mol. The lowest BCUT2D eigenvalue weighted by atomic mass is 10.1. The van der Waals surface area contributed by atoms with Crippen molar-refractivity contribution in [3.8, 4) is 0 Å². The van der Waals surface area contributed by atoms with Crippen LogP contribution in [0.5, 0.6) is 0 Å². The largest absolute Gasteiger partial charge is 0.320 e.